The first-order chi connectivity index (χ1) is 23.4. The molecule has 4 amide bonds. The van der Waals surface area contributed by atoms with Crippen LogP contribution in [0.3, 0.4) is 0 Å². The molecule has 1 aromatic rings. The Morgan fingerprint density at radius 3 is 1.94 bits per heavy atom. The van der Waals surface area contributed by atoms with Crippen molar-refractivity contribution in [3.63, 3.8) is 0 Å². The monoisotopic (exact) mass is 756 g/mol. The van der Waals surface area contributed by atoms with E-state index >= 15 is 0 Å². The molecular formula is C34H49ClN4O11S. The lowest BCUT2D eigenvalue weighted by molar-refractivity contribution is -0.156. The van der Waals surface area contributed by atoms with Gasteiger partial charge in [-0.15, -0.1) is 6.58 Å². The molecule has 4 N–H and O–H groups in total. The molecule has 0 saturated carbocycles. The predicted octanol–water partition coefficient (Wildman–Crippen LogP) is 2.92. The minimum atomic E-state index is -3.91. The van der Waals surface area contributed by atoms with Gasteiger partial charge in [0.2, 0.25) is 17.7 Å². The SMILES string of the molecule is C=CC(NC(=O)C(CCC(=O)OC(C)(C)C)NC(=O)C(C)NC(=O)OCc1ccccc1)C(=O)NC(C=C(Cl)S(C)(=O)=O)CC(=O)OC(C)(C)C. The van der Waals surface area contributed by atoms with E-state index in [9.17, 15) is 37.2 Å². The zero-order chi connectivity index (χ0) is 39.2. The van der Waals surface area contributed by atoms with Gasteiger partial charge in [-0.05, 0) is 66.5 Å². The molecule has 0 bridgehead atoms. The topological polar surface area (TPSA) is 212 Å². The van der Waals surface area contributed by atoms with Crippen LogP contribution in [0.25, 0.3) is 0 Å². The Morgan fingerprint density at radius 2 is 1.41 bits per heavy atom. The molecule has 17 heteroatoms. The van der Waals surface area contributed by atoms with Crippen molar-refractivity contribution in [3.05, 3.63) is 59.0 Å². The largest absolute Gasteiger partial charge is 0.460 e. The second kappa shape index (κ2) is 19.8. The van der Waals surface area contributed by atoms with E-state index in [4.69, 9.17) is 25.8 Å². The van der Waals surface area contributed by atoms with Crippen LogP contribution in [0.15, 0.2) is 53.4 Å². The highest BCUT2D eigenvalue weighted by Gasteiger charge is 2.30. The van der Waals surface area contributed by atoms with Gasteiger partial charge in [-0.2, -0.15) is 0 Å². The molecule has 15 nitrogen and oxygen atoms in total. The van der Waals surface area contributed by atoms with Crippen LogP contribution in [0.1, 0.15) is 73.3 Å². The Balaban J connectivity index is 3.14. The average molecular weight is 757 g/mol. The van der Waals surface area contributed by atoms with Gasteiger partial charge in [0.15, 0.2) is 9.84 Å². The first-order valence-electron chi connectivity index (χ1n) is 15.9. The number of ether oxygens (including phenoxy) is 3. The van der Waals surface area contributed by atoms with E-state index in [-0.39, 0.29) is 19.4 Å². The maximum absolute atomic E-state index is 13.5. The van der Waals surface area contributed by atoms with Crippen molar-refractivity contribution in [3.8, 4) is 0 Å². The fourth-order valence-electron chi connectivity index (χ4n) is 3.98. The third-order valence-electron chi connectivity index (χ3n) is 6.27. The molecule has 0 spiro atoms. The summed E-state index contributed by atoms with van der Waals surface area (Å²) in [5, 5.41) is 9.67. The van der Waals surface area contributed by atoms with Crippen LogP contribution in [-0.4, -0.2) is 85.8 Å². The van der Waals surface area contributed by atoms with Gasteiger partial charge in [-0.25, -0.2) is 13.2 Å². The lowest BCUT2D eigenvalue weighted by atomic mass is 10.1. The van der Waals surface area contributed by atoms with E-state index < -0.39 is 91.7 Å². The van der Waals surface area contributed by atoms with Crippen LogP contribution >= 0.6 is 11.6 Å². The number of nitrogens with one attached hydrogen (secondary N) is 4. The van der Waals surface area contributed by atoms with Gasteiger partial charge in [-0.1, -0.05) is 48.0 Å². The summed E-state index contributed by atoms with van der Waals surface area (Å²) in [6.07, 6.45) is 0.847. The Kier molecular flexibility index (Phi) is 17.3. The van der Waals surface area contributed by atoms with Crippen LogP contribution in [0, 0.1) is 0 Å². The van der Waals surface area contributed by atoms with Crippen molar-refractivity contribution in [2.24, 2.45) is 0 Å². The highest BCUT2D eigenvalue weighted by molar-refractivity contribution is 7.96. The first-order valence-corrected chi connectivity index (χ1v) is 18.2. The highest BCUT2D eigenvalue weighted by Crippen LogP contribution is 2.15. The number of alkyl carbamates (subject to hydrolysis) is 1. The standard InChI is InChI=1S/C34H49ClN4O11S/c1-10-24(30(43)37-23(18-26(35)51(9,46)47)19-28(41)50-34(6,7)8)38-31(44)25(16-17-27(40)49-33(3,4)5)39-29(42)21(2)36-32(45)48-20-22-14-12-11-13-15-22/h10-15,18,21,23-25H,1,16-17,19-20H2,2-9H3,(H,36,45)(H,37,43)(H,38,44)(H,39,42). The van der Waals surface area contributed by atoms with E-state index in [0.29, 0.717) is 0 Å². The number of sulfone groups is 1. The van der Waals surface area contributed by atoms with Crippen molar-refractivity contribution < 1.29 is 51.4 Å². The van der Waals surface area contributed by atoms with Crippen LogP contribution in [0.2, 0.25) is 0 Å². The number of hydrogen-bond acceptors (Lipinski definition) is 11. The van der Waals surface area contributed by atoms with Crippen LogP contribution in [-0.2, 0) is 54.6 Å². The van der Waals surface area contributed by atoms with Crippen molar-refractivity contribution in [1.29, 1.82) is 0 Å². The number of hydrogen-bond donors (Lipinski definition) is 4. The maximum atomic E-state index is 13.5. The van der Waals surface area contributed by atoms with Gasteiger partial charge in [0.25, 0.3) is 0 Å². The van der Waals surface area contributed by atoms with Gasteiger partial charge in [0.05, 0.1) is 12.5 Å². The van der Waals surface area contributed by atoms with Gasteiger partial charge in [0, 0.05) is 12.7 Å². The summed E-state index contributed by atoms with van der Waals surface area (Å²) >= 11 is 5.91. The number of amides is 4. The summed E-state index contributed by atoms with van der Waals surface area (Å²) in [6, 6.07) is 3.46. The molecule has 0 radical (unpaired) electrons. The molecular weight excluding hydrogens is 708 g/mol. The van der Waals surface area contributed by atoms with Gasteiger partial charge in [-0.3, -0.25) is 24.0 Å². The zero-order valence-electron chi connectivity index (χ0n) is 30.2. The number of rotatable bonds is 17. The molecule has 0 saturated heterocycles. The second-order valence-corrected chi connectivity index (χ2v) is 16.1. The number of benzene rings is 1. The third kappa shape index (κ3) is 18.9. The lowest BCUT2D eigenvalue weighted by Crippen LogP contribution is -2.56. The minimum absolute atomic E-state index is 0.0537. The number of esters is 2. The number of carbonyl (C=O) groups excluding carboxylic acids is 6. The summed E-state index contributed by atoms with van der Waals surface area (Å²) in [7, 11) is -3.91. The van der Waals surface area contributed by atoms with E-state index in [2.05, 4.69) is 27.8 Å². The summed E-state index contributed by atoms with van der Waals surface area (Å²) in [5.74, 6) is -4.09. The molecule has 4 unspecified atom stereocenters. The molecule has 284 valence electrons. The molecule has 51 heavy (non-hydrogen) atoms. The quantitative estimate of drug-likeness (QED) is 0.103. The fraction of sp³-hybridized carbons (Fsp3) is 0.529. The Morgan fingerprint density at radius 1 is 0.843 bits per heavy atom. The van der Waals surface area contributed by atoms with Gasteiger partial charge >= 0.3 is 18.0 Å². The minimum Gasteiger partial charge on any atom is -0.460 e. The first kappa shape index (κ1) is 44.6. The fourth-order valence-corrected chi connectivity index (χ4v) is 4.54. The average Bonchev–Trinajstić information content (AvgIpc) is 2.98. The Hall–Kier alpha value is -4.44. The molecule has 0 fully saturated rings. The summed E-state index contributed by atoms with van der Waals surface area (Å²) in [6.45, 7) is 14.7. The summed E-state index contributed by atoms with van der Waals surface area (Å²) in [5.41, 5.74) is -0.996. The predicted molar refractivity (Wildman–Crippen MR) is 190 cm³/mol. The van der Waals surface area contributed by atoms with Crippen LogP contribution < -0.4 is 21.3 Å². The maximum Gasteiger partial charge on any atom is 0.408 e. The van der Waals surface area contributed by atoms with Gasteiger partial charge in [0.1, 0.15) is 40.3 Å². The summed E-state index contributed by atoms with van der Waals surface area (Å²) < 4.78 is 39.0. The van der Waals surface area contributed by atoms with E-state index in [1.54, 1.807) is 71.9 Å². The van der Waals surface area contributed by atoms with Crippen molar-refractivity contribution in [2.75, 3.05) is 6.26 Å². The number of halogens is 1. The molecule has 0 aliphatic heterocycles. The molecule has 1 rings (SSSR count). The van der Waals surface area contributed by atoms with Crippen molar-refractivity contribution in [2.45, 2.75) is 110 Å². The Labute approximate surface area is 304 Å². The van der Waals surface area contributed by atoms with Crippen LogP contribution in [0.5, 0.6) is 0 Å². The third-order valence-corrected chi connectivity index (χ3v) is 8.08. The zero-order valence-corrected chi connectivity index (χ0v) is 31.7. The molecule has 0 aliphatic rings. The highest BCUT2D eigenvalue weighted by atomic mass is 35.5. The molecule has 1 aromatic carbocycles. The number of carbonyl (C=O) groups is 6. The Bertz CT molecular complexity index is 1550. The molecule has 4 atom stereocenters. The molecule has 0 aliphatic carbocycles. The van der Waals surface area contributed by atoms with Crippen molar-refractivity contribution >= 4 is 57.2 Å². The molecule has 0 heterocycles. The summed E-state index contributed by atoms with van der Waals surface area (Å²) in [4.78, 5) is 77.2. The van der Waals surface area contributed by atoms with E-state index in [1.807, 2.05) is 0 Å². The smallest absolute Gasteiger partial charge is 0.408 e. The van der Waals surface area contributed by atoms with Crippen molar-refractivity contribution in [1.82, 2.24) is 21.3 Å². The molecule has 0 aromatic heterocycles. The van der Waals surface area contributed by atoms with Gasteiger partial charge < -0.3 is 35.5 Å². The van der Waals surface area contributed by atoms with Crippen LogP contribution in [0.4, 0.5) is 4.79 Å². The van der Waals surface area contributed by atoms with E-state index in [0.717, 1.165) is 24.0 Å². The normalized spacial score (nSPS) is 14.4. The second-order valence-electron chi connectivity index (χ2n) is 13.5. The lowest BCUT2D eigenvalue weighted by Gasteiger charge is -2.25. The van der Waals surface area contributed by atoms with E-state index in [1.165, 1.54) is 6.92 Å².